The molecule has 0 radical (unpaired) electrons. The maximum Gasteiger partial charge on any atom is 0.169 e. The van der Waals surface area contributed by atoms with Crippen LogP contribution in [0.4, 0.5) is 0 Å². The number of nitrogens with zero attached hydrogens (tertiary/aromatic N) is 1. The van der Waals surface area contributed by atoms with Gasteiger partial charge in [0.2, 0.25) is 0 Å². The molecule has 0 aromatic carbocycles. The third-order valence-electron chi connectivity index (χ3n) is 3.34. The highest BCUT2D eigenvalue weighted by Gasteiger charge is 2.20. The van der Waals surface area contributed by atoms with E-state index in [9.17, 15) is 0 Å². The Bertz CT molecular complexity index is 152. The number of hydrogen-bond acceptors (Lipinski definition) is 3. The molecule has 0 bridgehead atoms. The van der Waals surface area contributed by atoms with Crippen molar-refractivity contribution in [3.8, 4) is 0 Å². The Morgan fingerprint density at radius 3 is 2.27 bits per heavy atom. The largest absolute Gasteiger partial charge is 0.355 e. The van der Waals surface area contributed by atoms with Crippen molar-refractivity contribution in [1.29, 1.82) is 0 Å². The summed E-state index contributed by atoms with van der Waals surface area (Å²) < 4.78 is 10.4. The van der Waals surface area contributed by atoms with Crippen LogP contribution in [0.15, 0.2) is 0 Å². The van der Waals surface area contributed by atoms with Crippen molar-refractivity contribution in [2.75, 3.05) is 33.9 Å². The molecule has 90 valence electrons. The Balaban J connectivity index is 2.19. The average molecular weight is 215 g/mol. The zero-order chi connectivity index (χ0) is 11.1. The third-order valence-corrected chi connectivity index (χ3v) is 3.34. The summed E-state index contributed by atoms with van der Waals surface area (Å²) >= 11 is 0. The minimum Gasteiger partial charge on any atom is -0.355 e. The maximum absolute atomic E-state index is 5.21. The van der Waals surface area contributed by atoms with Gasteiger partial charge in [-0.3, -0.25) is 4.90 Å². The number of hydrogen-bond donors (Lipinski definition) is 0. The Labute approximate surface area is 93.7 Å². The number of ether oxygens (including phenoxy) is 2. The van der Waals surface area contributed by atoms with Crippen molar-refractivity contribution in [1.82, 2.24) is 4.90 Å². The molecule has 0 N–H and O–H groups in total. The summed E-state index contributed by atoms with van der Waals surface area (Å²) in [6.07, 6.45) is 5.34. The first-order valence-corrected chi connectivity index (χ1v) is 6.08. The second-order valence-corrected chi connectivity index (χ2v) is 4.43. The van der Waals surface area contributed by atoms with Crippen LogP contribution in [0.2, 0.25) is 0 Å². The van der Waals surface area contributed by atoms with Gasteiger partial charge in [-0.25, -0.2) is 0 Å². The molecule has 0 aliphatic carbocycles. The fourth-order valence-electron chi connectivity index (χ4n) is 2.32. The first-order chi connectivity index (χ1) is 7.30. The van der Waals surface area contributed by atoms with Crippen molar-refractivity contribution in [2.24, 2.45) is 5.92 Å². The second-order valence-electron chi connectivity index (χ2n) is 4.43. The summed E-state index contributed by atoms with van der Waals surface area (Å²) in [5, 5.41) is 0. The lowest BCUT2D eigenvalue weighted by Crippen LogP contribution is -2.40. The van der Waals surface area contributed by atoms with Crippen LogP contribution >= 0.6 is 0 Å². The molecule has 0 atom stereocenters. The number of methoxy groups -OCH3 is 2. The van der Waals surface area contributed by atoms with Crippen LogP contribution < -0.4 is 0 Å². The van der Waals surface area contributed by atoms with Crippen LogP contribution in [-0.4, -0.2) is 45.0 Å². The van der Waals surface area contributed by atoms with Crippen molar-refractivity contribution >= 4 is 0 Å². The van der Waals surface area contributed by atoms with Gasteiger partial charge in [0, 0.05) is 20.8 Å². The third kappa shape index (κ3) is 4.49. The molecule has 0 aromatic rings. The van der Waals surface area contributed by atoms with E-state index in [0.29, 0.717) is 0 Å². The monoisotopic (exact) mass is 215 g/mol. The van der Waals surface area contributed by atoms with Gasteiger partial charge in [-0.1, -0.05) is 19.8 Å². The van der Waals surface area contributed by atoms with Crippen LogP contribution in [-0.2, 0) is 9.47 Å². The summed E-state index contributed by atoms with van der Waals surface area (Å²) in [5.41, 5.74) is 0. The highest BCUT2D eigenvalue weighted by Crippen LogP contribution is 2.21. The zero-order valence-corrected chi connectivity index (χ0v) is 10.4. The van der Waals surface area contributed by atoms with E-state index in [2.05, 4.69) is 11.8 Å². The molecule has 1 aliphatic rings. The molecule has 1 saturated heterocycles. The summed E-state index contributed by atoms with van der Waals surface area (Å²) in [7, 11) is 3.41. The first kappa shape index (κ1) is 12.9. The smallest absolute Gasteiger partial charge is 0.169 e. The summed E-state index contributed by atoms with van der Waals surface area (Å²) in [6.45, 7) is 5.59. The number of likely N-dealkylation sites (tertiary alicyclic amines) is 1. The summed E-state index contributed by atoms with van der Waals surface area (Å²) in [4.78, 5) is 2.45. The van der Waals surface area contributed by atoms with E-state index in [-0.39, 0.29) is 6.29 Å². The van der Waals surface area contributed by atoms with Gasteiger partial charge in [0.25, 0.3) is 0 Å². The Kier molecular flexibility index (Phi) is 6.22. The molecule has 3 heteroatoms. The van der Waals surface area contributed by atoms with Crippen molar-refractivity contribution < 1.29 is 9.47 Å². The number of rotatable bonds is 6. The molecule has 1 rings (SSSR count). The molecule has 0 unspecified atom stereocenters. The lowest BCUT2D eigenvalue weighted by Gasteiger charge is -2.33. The molecular formula is C12H25NO2. The first-order valence-electron chi connectivity index (χ1n) is 6.08. The molecular weight excluding hydrogens is 190 g/mol. The van der Waals surface area contributed by atoms with Gasteiger partial charge in [0.1, 0.15) is 0 Å². The topological polar surface area (TPSA) is 21.7 Å². The highest BCUT2D eigenvalue weighted by molar-refractivity contribution is 4.72. The molecule has 1 fully saturated rings. The molecule has 0 saturated carbocycles. The van der Waals surface area contributed by atoms with Gasteiger partial charge < -0.3 is 9.47 Å². The van der Waals surface area contributed by atoms with E-state index in [1.165, 1.54) is 38.8 Å². The van der Waals surface area contributed by atoms with Gasteiger partial charge >= 0.3 is 0 Å². The lowest BCUT2D eigenvalue weighted by atomic mass is 9.92. The lowest BCUT2D eigenvalue weighted by molar-refractivity contribution is -0.118. The van der Waals surface area contributed by atoms with Crippen LogP contribution in [0.25, 0.3) is 0 Å². The molecule has 1 aliphatic heterocycles. The molecule has 0 aromatic heterocycles. The van der Waals surface area contributed by atoms with Gasteiger partial charge in [-0.15, -0.1) is 0 Å². The summed E-state index contributed by atoms with van der Waals surface area (Å²) in [5.74, 6) is 0.954. The SMILES string of the molecule is CCCC1CCN(CC(OC)OC)CC1. The maximum atomic E-state index is 5.21. The normalized spacial score (nSPS) is 20.0. The highest BCUT2D eigenvalue weighted by atomic mass is 16.7. The summed E-state index contributed by atoms with van der Waals surface area (Å²) in [6, 6.07) is 0. The second kappa shape index (κ2) is 7.20. The number of piperidine rings is 1. The van der Waals surface area contributed by atoms with E-state index in [1.807, 2.05) is 0 Å². The van der Waals surface area contributed by atoms with Crippen molar-refractivity contribution in [3.63, 3.8) is 0 Å². The van der Waals surface area contributed by atoms with Gasteiger partial charge in [0.05, 0.1) is 0 Å². The molecule has 0 spiro atoms. The minimum atomic E-state index is -0.0623. The van der Waals surface area contributed by atoms with E-state index in [4.69, 9.17) is 9.47 Å². The quantitative estimate of drug-likeness (QED) is 0.633. The standard InChI is InChI=1S/C12H25NO2/c1-4-5-11-6-8-13(9-7-11)10-12(14-2)15-3/h11-12H,4-10H2,1-3H3. The molecule has 1 heterocycles. The predicted molar refractivity (Wildman–Crippen MR) is 61.9 cm³/mol. The van der Waals surface area contributed by atoms with E-state index >= 15 is 0 Å². The zero-order valence-electron chi connectivity index (χ0n) is 10.4. The molecule has 0 amide bonds. The van der Waals surface area contributed by atoms with E-state index in [0.717, 1.165) is 12.5 Å². The van der Waals surface area contributed by atoms with Crippen LogP contribution in [0, 0.1) is 5.92 Å². The molecule has 3 nitrogen and oxygen atoms in total. The Morgan fingerprint density at radius 1 is 1.20 bits per heavy atom. The fourth-order valence-corrected chi connectivity index (χ4v) is 2.32. The van der Waals surface area contributed by atoms with E-state index < -0.39 is 0 Å². The van der Waals surface area contributed by atoms with Gasteiger partial charge in [-0.2, -0.15) is 0 Å². The minimum absolute atomic E-state index is 0.0623. The molecule has 15 heavy (non-hydrogen) atoms. The van der Waals surface area contributed by atoms with Crippen LogP contribution in [0.1, 0.15) is 32.6 Å². The van der Waals surface area contributed by atoms with Crippen LogP contribution in [0.5, 0.6) is 0 Å². The van der Waals surface area contributed by atoms with Crippen LogP contribution in [0.3, 0.4) is 0 Å². The Hall–Kier alpha value is -0.120. The van der Waals surface area contributed by atoms with Crippen molar-refractivity contribution in [3.05, 3.63) is 0 Å². The van der Waals surface area contributed by atoms with Gasteiger partial charge in [-0.05, 0) is 31.8 Å². The van der Waals surface area contributed by atoms with Crippen molar-refractivity contribution in [2.45, 2.75) is 38.9 Å². The average Bonchev–Trinajstić information content (AvgIpc) is 2.28. The van der Waals surface area contributed by atoms with Gasteiger partial charge in [0.15, 0.2) is 6.29 Å². The Morgan fingerprint density at radius 2 is 1.80 bits per heavy atom. The van der Waals surface area contributed by atoms with E-state index in [1.54, 1.807) is 14.2 Å². The predicted octanol–water partition coefficient (Wildman–Crippen LogP) is 2.12. The fraction of sp³-hybridized carbons (Fsp3) is 1.00.